The van der Waals surface area contributed by atoms with Gasteiger partial charge in [-0.25, -0.2) is 5.43 Å². The second-order valence-corrected chi connectivity index (χ2v) is 6.76. The number of hydrogen-bond donors (Lipinski definition) is 1. The van der Waals surface area contributed by atoms with E-state index in [1.54, 1.807) is 30.5 Å². The predicted molar refractivity (Wildman–Crippen MR) is 115 cm³/mol. The number of nitrogens with zero attached hydrogens (tertiary/aromatic N) is 1. The molecule has 0 radical (unpaired) electrons. The van der Waals surface area contributed by atoms with Crippen molar-refractivity contribution in [3.63, 3.8) is 0 Å². The third-order valence-electron chi connectivity index (χ3n) is 4.00. The van der Waals surface area contributed by atoms with Gasteiger partial charge in [0.05, 0.1) is 11.2 Å². The Hall–Kier alpha value is -3.31. The number of halogens is 1. The first-order valence-electron chi connectivity index (χ1n) is 9.08. The number of hydrazone groups is 1. The Labute approximate surface area is 174 Å². The average molecular weight is 409 g/mol. The molecule has 0 spiro atoms. The van der Waals surface area contributed by atoms with Crippen LogP contribution in [0.15, 0.2) is 77.9 Å². The fourth-order valence-corrected chi connectivity index (χ4v) is 2.61. The number of rotatable bonds is 8. The van der Waals surface area contributed by atoms with Gasteiger partial charge in [0.1, 0.15) is 18.1 Å². The number of ether oxygens (including phenoxy) is 2. The van der Waals surface area contributed by atoms with Crippen molar-refractivity contribution in [2.75, 3.05) is 6.61 Å². The standard InChI is InChI=1S/C23H21ClN2O3/c1-17-6-8-19(9-7-17)15-28-20-12-10-18(11-13-20)14-25-26-23(27)16-29-22-5-3-2-4-21(22)24/h2-14H,15-16H2,1H3,(H,26,27)/b25-14+. The van der Waals surface area contributed by atoms with Crippen LogP contribution in [0.5, 0.6) is 11.5 Å². The molecule has 0 aliphatic carbocycles. The minimum Gasteiger partial charge on any atom is -0.489 e. The summed E-state index contributed by atoms with van der Waals surface area (Å²) in [6.45, 7) is 2.39. The van der Waals surface area contributed by atoms with Gasteiger partial charge in [-0.1, -0.05) is 53.6 Å². The highest BCUT2D eigenvalue weighted by molar-refractivity contribution is 6.32. The minimum absolute atomic E-state index is 0.174. The van der Waals surface area contributed by atoms with E-state index in [9.17, 15) is 4.79 Å². The van der Waals surface area contributed by atoms with Gasteiger partial charge < -0.3 is 9.47 Å². The number of aryl methyl sites for hydroxylation is 1. The zero-order valence-electron chi connectivity index (χ0n) is 16.0. The van der Waals surface area contributed by atoms with Crippen molar-refractivity contribution in [2.45, 2.75) is 13.5 Å². The lowest BCUT2D eigenvalue weighted by atomic mass is 10.2. The molecule has 6 heteroatoms. The Balaban J connectivity index is 1.42. The van der Waals surface area contributed by atoms with Crippen LogP contribution >= 0.6 is 11.6 Å². The molecule has 0 aromatic heterocycles. The lowest BCUT2D eigenvalue weighted by molar-refractivity contribution is -0.123. The van der Waals surface area contributed by atoms with Gasteiger partial charge in [-0.3, -0.25) is 4.79 Å². The second-order valence-electron chi connectivity index (χ2n) is 6.36. The van der Waals surface area contributed by atoms with Crippen LogP contribution in [-0.2, 0) is 11.4 Å². The fourth-order valence-electron chi connectivity index (χ4n) is 2.42. The van der Waals surface area contributed by atoms with Crippen LogP contribution in [-0.4, -0.2) is 18.7 Å². The number of amides is 1. The van der Waals surface area contributed by atoms with Gasteiger partial charge in [-0.05, 0) is 54.4 Å². The molecule has 0 saturated heterocycles. The Kier molecular flexibility index (Phi) is 7.25. The first kappa shape index (κ1) is 20.4. The molecule has 0 aliphatic heterocycles. The molecule has 3 aromatic rings. The Bertz CT molecular complexity index is 970. The van der Waals surface area contributed by atoms with Crippen molar-refractivity contribution in [3.05, 3.63) is 94.5 Å². The number of carbonyl (C=O) groups excluding carboxylic acids is 1. The van der Waals surface area contributed by atoms with E-state index in [0.29, 0.717) is 17.4 Å². The Morgan fingerprint density at radius 1 is 1.00 bits per heavy atom. The molecule has 0 unspecified atom stereocenters. The van der Waals surface area contributed by atoms with Gasteiger partial charge in [0.2, 0.25) is 0 Å². The van der Waals surface area contributed by atoms with Gasteiger partial charge >= 0.3 is 0 Å². The summed E-state index contributed by atoms with van der Waals surface area (Å²) in [6, 6.07) is 22.6. The quantitative estimate of drug-likeness (QED) is 0.432. The Morgan fingerprint density at radius 2 is 1.72 bits per heavy atom. The maximum Gasteiger partial charge on any atom is 0.277 e. The molecule has 0 saturated carbocycles. The third-order valence-corrected chi connectivity index (χ3v) is 4.32. The van der Waals surface area contributed by atoms with Crippen molar-refractivity contribution in [1.82, 2.24) is 5.43 Å². The third kappa shape index (κ3) is 6.66. The zero-order chi connectivity index (χ0) is 20.5. The number of para-hydroxylation sites is 1. The highest BCUT2D eigenvalue weighted by Crippen LogP contribution is 2.22. The van der Waals surface area contributed by atoms with Crippen molar-refractivity contribution in [2.24, 2.45) is 5.10 Å². The van der Waals surface area contributed by atoms with Crippen molar-refractivity contribution >= 4 is 23.7 Å². The van der Waals surface area contributed by atoms with Gasteiger partial charge in [0.25, 0.3) is 5.91 Å². The summed E-state index contributed by atoms with van der Waals surface area (Å²) in [5, 5.41) is 4.38. The molecule has 0 heterocycles. The summed E-state index contributed by atoms with van der Waals surface area (Å²) in [5.74, 6) is 0.841. The van der Waals surface area contributed by atoms with Gasteiger partial charge in [0.15, 0.2) is 6.61 Å². The van der Waals surface area contributed by atoms with Crippen LogP contribution in [0.4, 0.5) is 0 Å². The van der Waals surface area contributed by atoms with E-state index in [0.717, 1.165) is 16.9 Å². The molecule has 1 N–H and O–H groups in total. The predicted octanol–water partition coefficient (Wildman–Crippen LogP) is 4.76. The van der Waals surface area contributed by atoms with Crippen LogP contribution < -0.4 is 14.9 Å². The van der Waals surface area contributed by atoms with Crippen LogP contribution in [0.2, 0.25) is 5.02 Å². The van der Waals surface area contributed by atoms with Crippen LogP contribution in [0.25, 0.3) is 0 Å². The minimum atomic E-state index is -0.376. The van der Waals surface area contributed by atoms with E-state index >= 15 is 0 Å². The van der Waals surface area contributed by atoms with Crippen LogP contribution in [0.3, 0.4) is 0 Å². The molecule has 3 rings (SSSR count). The normalized spacial score (nSPS) is 10.7. The highest BCUT2D eigenvalue weighted by Gasteiger charge is 2.04. The summed E-state index contributed by atoms with van der Waals surface area (Å²) >= 11 is 5.97. The molecule has 0 atom stereocenters. The van der Waals surface area contributed by atoms with E-state index in [1.807, 2.05) is 24.3 Å². The molecule has 0 aliphatic rings. The van der Waals surface area contributed by atoms with E-state index in [-0.39, 0.29) is 12.5 Å². The molecule has 29 heavy (non-hydrogen) atoms. The smallest absolute Gasteiger partial charge is 0.277 e. The van der Waals surface area contributed by atoms with E-state index in [4.69, 9.17) is 21.1 Å². The number of carbonyl (C=O) groups is 1. The Morgan fingerprint density at radius 3 is 2.45 bits per heavy atom. The summed E-state index contributed by atoms with van der Waals surface area (Å²) < 4.78 is 11.1. The van der Waals surface area contributed by atoms with Gasteiger partial charge in [-0.15, -0.1) is 0 Å². The SMILES string of the molecule is Cc1ccc(COc2ccc(/C=N/NC(=O)COc3ccccc3Cl)cc2)cc1. The zero-order valence-corrected chi connectivity index (χ0v) is 16.7. The van der Waals surface area contributed by atoms with Crippen LogP contribution in [0, 0.1) is 6.92 Å². The summed E-state index contributed by atoms with van der Waals surface area (Å²) in [5.41, 5.74) is 5.59. The first-order chi connectivity index (χ1) is 14.1. The van der Waals surface area contributed by atoms with Crippen molar-refractivity contribution in [1.29, 1.82) is 0 Å². The van der Waals surface area contributed by atoms with Crippen LogP contribution in [0.1, 0.15) is 16.7 Å². The first-order valence-corrected chi connectivity index (χ1v) is 9.45. The van der Waals surface area contributed by atoms with E-state index < -0.39 is 0 Å². The topological polar surface area (TPSA) is 59.9 Å². The highest BCUT2D eigenvalue weighted by atomic mass is 35.5. The average Bonchev–Trinajstić information content (AvgIpc) is 2.74. The largest absolute Gasteiger partial charge is 0.489 e. The van der Waals surface area contributed by atoms with E-state index in [1.165, 1.54) is 5.56 Å². The second kappa shape index (κ2) is 10.3. The van der Waals surface area contributed by atoms with Gasteiger partial charge in [0, 0.05) is 0 Å². The molecule has 1 amide bonds. The number of nitrogens with one attached hydrogen (secondary N) is 1. The molecular formula is C23H21ClN2O3. The molecule has 0 fully saturated rings. The monoisotopic (exact) mass is 408 g/mol. The molecule has 0 bridgehead atoms. The number of benzene rings is 3. The maximum absolute atomic E-state index is 11.8. The summed E-state index contributed by atoms with van der Waals surface area (Å²) in [7, 11) is 0. The maximum atomic E-state index is 11.8. The number of hydrogen-bond acceptors (Lipinski definition) is 4. The van der Waals surface area contributed by atoms with Crippen molar-refractivity contribution in [3.8, 4) is 11.5 Å². The fraction of sp³-hybridized carbons (Fsp3) is 0.130. The van der Waals surface area contributed by atoms with E-state index in [2.05, 4.69) is 41.7 Å². The summed E-state index contributed by atoms with van der Waals surface area (Å²) in [6.07, 6.45) is 1.55. The summed E-state index contributed by atoms with van der Waals surface area (Å²) in [4.78, 5) is 11.8. The lowest BCUT2D eigenvalue weighted by Crippen LogP contribution is -2.24. The lowest BCUT2D eigenvalue weighted by Gasteiger charge is -2.07. The molecule has 3 aromatic carbocycles. The van der Waals surface area contributed by atoms with Gasteiger partial charge in [-0.2, -0.15) is 5.10 Å². The molecule has 5 nitrogen and oxygen atoms in total. The van der Waals surface area contributed by atoms with Crippen molar-refractivity contribution < 1.29 is 14.3 Å². The molecular weight excluding hydrogens is 388 g/mol. The molecule has 148 valence electrons.